The number of anilines is 1. The van der Waals surface area contributed by atoms with Gasteiger partial charge in [0.25, 0.3) is 11.8 Å². The van der Waals surface area contributed by atoms with Gasteiger partial charge in [0, 0.05) is 36.4 Å². The van der Waals surface area contributed by atoms with Gasteiger partial charge in [-0.05, 0) is 55.2 Å². The molecule has 30 heavy (non-hydrogen) atoms. The maximum Gasteiger partial charge on any atom is 0.255 e. The van der Waals surface area contributed by atoms with Gasteiger partial charge in [0.2, 0.25) is 5.91 Å². The Bertz CT molecular complexity index is 878. The lowest BCUT2D eigenvalue weighted by atomic mass is 9.96. The predicted molar refractivity (Wildman–Crippen MR) is 117 cm³/mol. The van der Waals surface area contributed by atoms with Crippen LogP contribution in [0.1, 0.15) is 47.4 Å². The van der Waals surface area contributed by atoms with Crippen molar-refractivity contribution in [3.8, 4) is 0 Å². The second-order valence-electron chi connectivity index (χ2n) is 8.13. The molecule has 1 saturated heterocycles. The second kappa shape index (κ2) is 10.1. The summed E-state index contributed by atoms with van der Waals surface area (Å²) in [4.78, 5) is 39.3. The van der Waals surface area contributed by atoms with Crippen LogP contribution in [0, 0.1) is 11.8 Å². The number of amides is 3. The van der Waals surface area contributed by atoms with Crippen molar-refractivity contribution in [2.45, 2.75) is 26.7 Å². The first-order valence-corrected chi connectivity index (χ1v) is 10.5. The number of rotatable bonds is 6. The zero-order chi connectivity index (χ0) is 21.5. The molecule has 3 amide bonds. The molecule has 1 heterocycles. The molecule has 2 aromatic carbocycles. The normalized spacial score (nSPS) is 16.2. The third-order valence-electron chi connectivity index (χ3n) is 5.19. The average molecular weight is 408 g/mol. The SMILES string of the molecule is CC(C)CNC(=O)[C@H]1CCCN(C(=O)c2ccc(NC(=O)c3ccccc3)cc2)C1. The lowest BCUT2D eigenvalue weighted by Gasteiger charge is -2.32. The Morgan fingerprint density at radius 3 is 2.37 bits per heavy atom. The minimum Gasteiger partial charge on any atom is -0.356 e. The molecule has 0 aromatic heterocycles. The van der Waals surface area contributed by atoms with E-state index in [4.69, 9.17) is 0 Å². The summed E-state index contributed by atoms with van der Waals surface area (Å²) in [5.74, 6) is -0.0134. The van der Waals surface area contributed by atoms with Crippen LogP contribution in [0.4, 0.5) is 5.69 Å². The fourth-order valence-corrected chi connectivity index (χ4v) is 3.50. The summed E-state index contributed by atoms with van der Waals surface area (Å²) >= 11 is 0. The van der Waals surface area contributed by atoms with Gasteiger partial charge in [-0.1, -0.05) is 32.0 Å². The van der Waals surface area contributed by atoms with Gasteiger partial charge in [-0.3, -0.25) is 14.4 Å². The molecule has 0 radical (unpaired) electrons. The van der Waals surface area contributed by atoms with Gasteiger partial charge in [-0.25, -0.2) is 0 Å². The molecule has 6 heteroatoms. The maximum atomic E-state index is 12.9. The first-order valence-electron chi connectivity index (χ1n) is 10.5. The molecule has 3 rings (SSSR count). The van der Waals surface area contributed by atoms with Crippen molar-refractivity contribution in [2.75, 3.05) is 25.0 Å². The third-order valence-corrected chi connectivity index (χ3v) is 5.19. The molecule has 6 nitrogen and oxygen atoms in total. The zero-order valence-corrected chi connectivity index (χ0v) is 17.6. The van der Waals surface area contributed by atoms with Crippen LogP contribution in [0.15, 0.2) is 54.6 Å². The highest BCUT2D eigenvalue weighted by atomic mass is 16.2. The van der Waals surface area contributed by atoms with E-state index in [2.05, 4.69) is 24.5 Å². The van der Waals surface area contributed by atoms with Crippen molar-refractivity contribution in [1.29, 1.82) is 0 Å². The van der Waals surface area contributed by atoms with Crippen molar-refractivity contribution in [3.63, 3.8) is 0 Å². The van der Waals surface area contributed by atoms with E-state index in [1.807, 2.05) is 18.2 Å². The number of benzene rings is 2. The van der Waals surface area contributed by atoms with E-state index in [9.17, 15) is 14.4 Å². The van der Waals surface area contributed by atoms with Gasteiger partial charge in [-0.15, -0.1) is 0 Å². The minimum absolute atomic E-state index is 0.0279. The third kappa shape index (κ3) is 5.69. The van der Waals surface area contributed by atoms with Crippen LogP contribution < -0.4 is 10.6 Å². The molecule has 2 aromatic rings. The quantitative estimate of drug-likeness (QED) is 0.768. The molecule has 0 aliphatic carbocycles. The molecule has 1 atom stereocenters. The first kappa shape index (κ1) is 21.6. The van der Waals surface area contributed by atoms with E-state index >= 15 is 0 Å². The summed E-state index contributed by atoms with van der Waals surface area (Å²) in [6.07, 6.45) is 1.62. The van der Waals surface area contributed by atoms with Crippen molar-refractivity contribution in [1.82, 2.24) is 10.2 Å². The number of hydrogen-bond donors (Lipinski definition) is 2. The monoisotopic (exact) mass is 407 g/mol. The molecule has 0 bridgehead atoms. The van der Waals surface area contributed by atoms with Crippen LogP contribution >= 0.6 is 0 Å². The second-order valence-corrected chi connectivity index (χ2v) is 8.13. The lowest BCUT2D eigenvalue weighted by Crippen LogP contribution is -2.46. The summed E-state index contributed by atoms with van der Waals surface area (Å²) < 4.78 is 0. The number of piperidine rings is 1. The Balaban J connectivity index is 1.58. The topological polar surface area (TPSA) is 78.5 Å². The van der Waals surface area contributed by atoms with Crippen LogP contribution in [0.5, 0.6) is 0 Å². The molecule has 1 aliphatic heterocycles. The molecule has 1 aliphatic rings. The Labute approximate surface area is 177 Å². The molecular weight excluding hydrogens is 378 g/mol. The Morgan fingerprint density at radius 1 is 1.00 bits per heavy atom. The fraction of sp³-hybridized carbons (Fsp3) is 0.375. The molecule has 0 spiro atoms. The Kier molecular flexibility index (Phi) is 7.22. The van der Waals surface area contributed by atoms with E-state index in [1.165, 1.54) is 0 Å². The Hall–Kier alpha value is -3.15. The van der Waals surface area contributed by atoms with Crippen LogP contribution in [-0.2, 0) is 4.79 Å². The molecular formula is C24H29N3O3. The predicted octanol–water partition coefficient (Wildman–Crippen LogP) is 3.56. The van der Waals surface area contributed by atoms with Gasteiger partial charge in [0.1, 0.15) is 0 Å². The van der Waals surface area contributed by atoms with Crippen LogP contribution in [0.25, 0.3) is 0 Å². The summed E-state index contributed by atoms with van der Waals surface area (Å²) in [5, 5.41) is 5.81. The summed E-state index contributed by atoms with van der Waals surface area (Å²) in [6.45, 7) is 5.86. The van der Waals surface area contributed by atoms with Crippen molar-refractivity contribution >= 4 is 23.4 Å². The first-order chi connectivity index (χ1) is 14.4. The summed E-state index contributed by atoms with van der Waals surface area (Å²) in [6, 6.07) is 15.9. The number of carbonyl (C=O) groups is 3. The molecule has 1 fully saturated rings. The Morgan fingerprint density at radius 2 is 1.70 bits per heavy atom. The number of hydrogen-bond acceptors (Lipinski definition) is 3. The van der Waals surface area contributed by atoms with Gasteiger partial charge in [0.05, 0.1) is 5.92 Å². The van der Waals surface area contributed by atoms with E-state index in [0.717, 1.165) is 12.8 Å². The number of carbonyl (C=O) groups excluding carboxylic acids is 3. The van der Waals surface area contributed by atoms with Gasteiger partial charge in [0.15, 0.2) is 0 Å². The maximum absolute atomic E-state index is 12.9. The summed E-state index contributed by atoms with van der Waals surface area (Å²) in [7, 11) is 0. The number of nitrogens with one attached hydrogen (secondary N) is 2. The molecule has 158 valence electrons. The fourth-order valence-electron chi connectivity index (χ4n) is 3.50. The van der Waals surface area contributed by atoms with Crippen LogP contribution in [0.3, 0.4) is 0 Å². The standard InChI is InChI=1S/C24H29N3O3/c1-17(2)15-25-22(28)20-9-6-14-27(16-20)24(30)19-10-12-21(13-11-19)26-23(29)18-7-4-3-5-8-18/h3-5,7-8,10-13,17,20H,6,9,14-16H2,1-2H3,(H,25,28)(H,26,29)/t20-/m0/s1. The zero-order valence-electron chi connectivity index (χ0n) is 17.6. The van der Waals surface area contributed by atoms with Gasteiger partial charge in [-0.2, -0.15) is 0 Å². The molecule has 0 unspecified atom stereocenters. The smallest absolute Gasteiger partial charge is 0.255 e. The van der Waals surface area contributed by atoms with Crippen LogP contribution in [0.2, 0.25) is 0 Å². The van der Waals surface area contributed by atoms with E-state index < -0.39 is 0 Å². The van der Waals surface area contributed by atoms with Gasteiger partial charge >= 0.3 is 0 Å². The molecule has 2 N–H and O–H groups in total. The highest BCUT2D eigenvalue weighted by molar-refractivity contribution is 6.04. The van der Waals surface area contributed by atoms with Crippen molar-refractivity contribution in [3.05, 3.63) is 65.7 Å². The van der Waals surface area contributed by atoms with E-state index in [-0.39, 0.29) is 23.6 Å². The minimum atomic E-state index is -0.194. The average Bonchev–Trinajstić information content (AvgIpc) is 2.78. The lowest BCUT2D eigenvalue weighted by molar-refractivity contribution is -0.126. The van der Waals surface area contributed by atoms with E-state index in [0.29, 0.717) is 42.4 Å². The highest BCUT2D eigenvalue weighted by Crippen LogP contribution is 2.20. The number of nitrogens with zero attached hydrogens (tertiary/aromatic N) is 1. The highest BCUT2D eigenvalue weighted by Gasteiger charge is 2.28. The van der Waals surface area contributed by atoms with Crippen LogP contribution in [-0.4, -0.2) is 42.3 Å². The van der Waals surface area contributed by atoms with E-state index in [1.54, 1.807) is 41.3 Å². The summed E-state index contributed by atoms with van der Waals surface area (Å²) in [5.41, 5.74) is 1.76. The number of likely N-dealkylation sites (tertiary alicyclic amines) is 1. The molecule has 0 saturated carbocycles. The van der Waals surface area contributed by atoms with Crippen molar-refractivity contribution < 1.29 is 14.4 Å². The van der Waals surface area contributed by atoms with Gasteiger partial charge < -0.3 is 15.5 Å². The largest absolute Gasteiger partial charge is 0.356 e. The van der Waals surface area contributed by atoms with Crippen molar-refractivity contribution in [2.24, 2.45) is 11.8 Å².